The van der Waals surface area contributed by atoms with Crippen LogP contribution in [0.1, 0.15) is 5.56 Å². The number of benzene rings is 2. The van der Waals surface area contributed by atoms with Crippen molar-refractivity contribution in [2.75, 3.05) is 5.75 Å². The largest absolute Gasteiger partial charge is 0.493 e. The topological polar surface area (TPSA) is 104 Å². The van der Waals surface area contributed by atoms with Crippen LogP contribution in [0.5, 0.6) is 5.88 Å². The summed E-state index contributed by atoms with van der Waals surface area (Å²) in [5.74, 6) is 0.228. The zero-order chi connectivity index (χ0) is 20.9. The highest BCUT2D eigenvalue weighted by Gasteiger charge is 2.12. The molecule has 2 aromatic heterocycles. The monoisotopic (exact) mass is 475 g/mol. The number of hydrogen-bond donors (Lipinski definition) is 2. The summed E-state index contributed by atoms with van der Waals surface area (Å²) in [4.78, 5) is 14.9. The van der Waals surface area contributed by atoms with Gasteiger partial charge >= 0.3 is 0 Å². The minimum absolute atomic E-state index is 0.0798. The molecule has 0 aliphatic heterocycles. The summed E-state index contributed by atoms with van der Waals surface area (Å²) in [5.41, 5.74) is 2.00. The summed E-state index contributed by atoms with van der Waals surface area (Å²) in [6, 6.07) is 14.9. The summed E-state index contributed by atoms with van der Waals surface area (Å²) >= 11 is 10.4. The van der Waals surface area contributed by atoms with Crippen LogP contribution in [0.3, 0.4) is 0 Å². The van der Waals surface area contributed by atoms with Gasteiger partial charge in [-0.05, 0) is 17.7 Å². The van der Waals surface area contributed by atoms with Crippen LogP contribution < -0.4 is 0 Å². The second kappa shape index (κ2) is 9.61. The maximum absolute atomic E-state index is 12.1. The van der Waals surface area contributed by atoms with Gasteiger partial charge < -0.3 is 10.1 Å². The SMILES string of the molecule is O=C(CSc1nnc(SCc2ccccc2Cl)s1)N=Nc1c(O)[nH]c2ccccc12. The third kappa shape index (κ3) is 5.01. The molecule has 0 spiro atoms. The van der Waals surface area contributed by atoms with Crippen LogP contribution in [-0.2, 0) is 10.5 Å². The van der Waals surface area contributed by atoms with Crippen molar-refractivity contribution in [3.63, 3.8) is 0 Å². The molecule has 0 saturated carbocycles. The Balaban J connectivity index is 1.31. The zero-order valence-corrected chi connectivity index (χ0v) is 18.5. The second-order valence-corrected chi connectivity index (χ2v) is 9.79. The molecule has 30 heavy (non-hydrogen) atoms. The van der Waals surface area contributed by atoms with Gasteiger partial charge in [0, 0.05) is 16.2 Å². The lowest BCUT2D eigenvalue weighted by atomic mass is 10.2. The lowest BCUT2D eigenvalue weighted by Crippen LogP contribution is -1.95. The van der Waals surface area contributed by atoms with Crippen LogP contribution >= 0.6 is 46.5 Å². The van der Waals surface area contributed by atoms with Crippen LogP contribution in [-0.4, -0.2) is 31.9 Å². The number of halogens is 1. The summed E-state index contributed by atoms with van der Waals surface area (Å²) in [6.45, 7) is 0. The standard InChI is InChI=1S/C19H14ClN5O2S3/c20-13-7-3-1-5-11(13)9-28-18-24-25-19(30-18)29-10-15(26)22-23-16-12-6-2-4-8-14(12)21-17(16)27/h1-8,21,27H,9-10H2. The van der Waals surface area contributed by atoms with E-state index in [1.165, 1.54) is 23.1 Å². The van der Waals surface area contributed by atoms with Gasteiger partial charge in [-0.15, -0.1) is 20.4 Å². The van der Waals surface area contributed by atoms with Crippen molar-refractivity contribution in [3.05, 3.63) is 59.1 Å². The second-order valence-electron chi connectivity index (χ2n) is 5.96. The minimum atomic E-state index is -0.426. The first-order chi connectivity index (χ1) is 14.6. The summed E-state index contributed by atoms with van der Waals surface area (Å²) in [5, 5.41) is 27.2. The fraction of sp³-hybridized carbons (Fsp3) is 0.105. The van der Waals surface area contributed by atoms with Gasteiger partial charge in [0.05, 0.1) is 11.3 Å². The summed E-state index contributed by atoms with van der Waals surface area (Å²) in [6.07, 6.45) is 0. The predicted molar refractivity (Wildman–Crippen MR) is 121 cm³/mol. The molecule has 0 bridgehead atoms. The number of para-hydroxylation sites is 1. The maximum atomic E-state index is 12.1. The Labute approximate surface area is 189 Å². The van der Waals surface area contributed by atoms with Crippen molar-refractivity contribution in [3.8, 4) is 5.88 Å². The van der Waals surface area contributed by atoms with E-state index in [1.807, 2.05) is 42.5 Å². The number of nitrogens with zero attached hydrogens (tertiary/aromatic N) is 4. The average Bonchev–Trinajstić information content (AvgIpc) is 3.33. The van der Waals surface area contributed by atoms with Crippen molar-refractivity contribution < 1.29 is 9.90 Å². The lowest BCUT2D eigenvalue weighted by molar-refractivity contribution is -0.115. The van der Waals surface area contributed by atoms with Gasteiger partial charge in [-0.25, -0.2) is 0 Å². The maximum Gasteiger partial charge on any atom is 0.275 e. The molecule has 0 aliphatic carbocycles. The molecule has 0 aliphatic rings. The van der Waals surface area contributed by atoms with Crippen LogP contribution in [0.2, 0.25) is 5.02 Å². The molecule has 152 valence electrons. The van der Waals surface area contributed by atoms with E-state index in [2.05, 4.69) is 25.4 Å². The smallest absolute Gasteiger partial charge is 0.275 e. The first-order valence-corrected chi connectivity index (χ1v) is 11.8. The summed E-state index contributed by atoms with van der Waals surface area (Å²) in [7, 11) is 0. The first kappa shape index (κ1) is 20.9. The fourth-order valence-electron chi connectivity index (χ4n) is 2.54. The summed E-state index contributed by atoms with van der Waals surface area (Å²) < 4.78 is 1.48. The van der Waals surface area contributed by atoms with Gasteiger partial charge in [0.1, 0.15) is 0 Å². The molecule has 2 N–H and O–H groups in total. The van der Waals surface area contributed by atoms with Crippen molar-refractivity contribution in [2.24, 2.45) is 10.2 Å². The Bertz CT molecular complexity index is 1220. The van der Waals surface area contributed by atoms with Crippen molar-refractivity contribution >= 4 is 69.0 Å². The number of amides is 1. The number of aromatic nitrogens is 3. The van der Waals surface area contributed by atoms with Gasteiger partial charge in [0.15, 0.2) is 14.4 Å². The van der Waals surface area contributed by atoms with Gasteiger partial charge in [-0.2, -0.15) is 0 Å². The lowest BCUT2D eigenvalue weighted by Gasteiger charge is -2.00. The van der Waals surface area contributed by atoms with E-state index >= 15 is 0 Å². The number of fused-ring (bicyclic) bond motifs is 1. The molecule has 11 heteroatoms. The van der Waals surface area contributed by atoms with Crippen LogP contribution in [0.4, 0.5) is 5.69 Å². The quantitative estimate of drug-likeness (QED) is 0.248. The van der Waals surface area contributed by atoms with Crippen molar-refractivity contribution in [1.29, 1.82) is 0 Å². The number of rotatable bonds is 7. The number of azo groups is 1. The van der Waals surface area contributed by atoms with Crippen molar-refractivity contribution in [2.45, 2.75) is 14.4 Å². The van der Waals surface area contributed by atoms with E-state index in [1.54, 1.807) is 17.8 Å². The molecule has 1 amide bonds. The Morgan fingerprint density at radius 3 is 2.67 bits per heavy atom. The Hall–Kier alpha value is -2.40. The number of hydrogen-bond acceptors (Lipinski definition) is 8. The number of nitrogens with one attached hydrogen (secondary N) is 1. The van der Waals surface area contributed by atoms with Crippen LogP contribution in [0, 0.1) is 0 Å². The number of H-pyrrole nitrogens is 1. The van der Waals surface area contributed by atoms with E-state index in [-0.39, 0.29) is 17.3 Å². The van der Waals surface area contributed by atoms with Gasteiger partial charge in [0.2, 0.25) is 5.88 Å². The highest BCUT2D eigenvalue weighted by Crippen LogP contribution is 2.35. The average molecular weight is 476 g/mol. The van der Waals surface area contributed by atoms with Gasteiger partial charge in [0.25, 0.3) is 5.91 Å². The molecule has 2 aromatic carbocycles. The third-order valence-electron chi connectivity index (χ3n) is 3.94. The molecule has 4 rings (SSSR count). The number of aromatic hydroxyl groups is 1. The van der Waals surface area contributed by atoms with Crippen molar-refractivity contribution in [1.82, 2.24) is 15.2 Å². The van der Waals surface area contributed by atoms with E-state index in [0.29, 0.717) is 15.5 Å². The zero-order valence-electron chi connectivity index (χ0n) is 15.3. The molecular formula is C19H14ClN5O2S3. The highest BCUT2D eigenvalue weighted by molar-refractivity contribution is 8.03. The predicted octanol–water partition coefficient (Wildman–Crippen LogP) is 6.07. The first-order valence-electron chi connectivity index (χ1n) is 8.67. The molecule has 0 fully saturated rings. The Morgan fingerprint density at radius 1 is 1.10 bits per heavy atom. The molecular weight excluding hydrogens is 462 g/mol. The molecule has 4 aromatic rings. The molecule has 0 saturated heterocycles. The van der Waals surface area contributed by atoms with E-state index in [9.17, 15) is 9.90 Å². The Kier molecular flexibility index (Phi) is 6.68. The minimum Gasteiger partial charge on any atom is -0.493 e. The number of carbonyl (C=O) groups is 1. The Morgan fingerprint density at radius 2 is 1.83 bits per heavy atom. The molecule has 2 heterocycles. The van der Waals surface area contributed by atoms with E-state index < -0.39 is 5.91 Å². The number of carbonyl (C=O) groups excluding carboxylic acids is 1. The van der Waals surface area contributed by atoms with E-state index in [4.69, 9.17) is 11.6 Å². The van der Waals surface area contributed by atoms with Crippen LogP contribution in [0.25, 0.3) is 10.9 Å². The molecule has 7 nitrogen and oxygen atoms in total. The van der Waals surface area contributed by atoms with E-state index in [0.717, 1.165) is 20.4 Å². The normalized spacial score (nSPS) is 11.5. The molecule has 0 unspecified atom stereocenters. The highest BCUT2D eigenvalue weighted by atomic mass is 35.5. The van der Waals surface area contributed by atoms with Gasteiger partial charge in [-0.1, -0.05) is 82.9 Å². The third-order valence-corrected chi connectivity index (χ3v) is 7.53. The molecule has 0 radical (unpaired) electrons. The number of aromatic amines is 1. The fourth-order valence-corrected chi connectivity index (χ4v) is 5.62. The molecule has 0 atom stereocenters. The van der Waals surface area contributed by atoms with Crippen LogP contribution in [0.15, 0.2) is 67.4 Å². The number of thioether (sulfide) groups is 2. The van der Waals surface area contributed by atoms with Gasteiger partial charge in [-0.3, -0.25) is 4.79 Å².